The zero-order valence-electron chi connectivity index (χ0n) is 15.9. The molecule has 1 N–H and O–H groups in total. The number of benzene rings is 1. The minimum absolute atomic E-state index is 0.192. The summed E-state index contributed by atoms with van der Waals surface area (Å²) in [5.41, 5.74) is 2.56. The molecule has 2 atom stereocenters. The summed E-state index contributed by atoms with van der Waals surface area (Å²) in [6.07, 6.45) is 0.753. The summed E-state index contributed by atoms with van der Waals surface area (Å²) in [7, 11) is 0. The third-order valence-electron chi connectivity index (χ3n) is 4.27. The lowest BCUT2D eigenvalue weighted by atomic mass is 9.75. The lowest BCUT2D eigenvalue weighted by Gasteiger charge is -2.45. The third kappa shape index (κ3) is 5.36. The number of halogens is 1. The fourth-order valence-electron chi connectivity index (χ4n) is 2.98. The zero-order valence-corrected chi connectivity index (χ0v) is 17.5. The van der Waals surface area contributed by atoms with Crippen molar-refractivity contribution in [1.29, 1.82) is 0 Å². The lowest BCUT2D eigenvalue weighted by Crippen LogP contribution is -2.48. The van der Waals surface area contributed by atoms with E-state index in [9.17, 15) is 5.11 Å². The first kappa shape index (κ1) is 22.2. The van der Waals surface area contributed by atoms with Gasteiger partial charge in [0, 0.05) is 29.2 Å². The second-order valence-corrected chi connectivity index (χ2v) is 6.63. The Morgan fingerprint density at radius 3 is 2.30 bits per heavy atom. The van der Waals surface area contributed by atoms with Crippen molar-refractivity contribution >= 4 is 15.9 Å². The van der Waals surface area contributed by atoms with Crippen LogP contribution in [0, 0.1) is 12.8 Å². The van der Waals surface area contributed by atoms with Gasteiger partial charge >= 0.3 is 0 Å². The van der Waals surface area contributed by atoms with Crippen molar-refractivity contribution < 1.29 is 5.11 Å². The largest absolute Gasteiger partial charge is 0.385 e. The molecule has 1 aromatic rings. The van der Waals surface area contributed by atoms with Gasteiger partial charge in [0.25, 0.3) is 0 Å². The zero-order chi connectivity index (χ0) is 18.2. The molecule has 1 fully saturated rings. The smallest absolute Gasteiger partial charge is 0.0958 e. The van der Waals surface area contributed by atoms with Crippen molar-refractivity contribution in [2.75, 3.05) is 13.1 Å². The van der Waals surface area contributed by atoms with Gasteiger partial charge < -0.3 is 10.0 Å². The second-order valence-electron chi connectivity index (χ2n) is 5.72. The number of nitrogens with zero attached hydrogens (tertiary/aromatic N) is 1. The molecule has 0 saturated carbocycles. The maximum absolute atomic E-state index is 11.1. The summed E-state index contributed by atoms with van der Waals surface area (Å²) in [5, 5.41) is 11.1. The van der Waals surface area contributed by atoms with Crippen LogP contribution in [-0.4, -0.2) is 23.1 Å². The van der Waals surface area contributed by atoms with Gasteiger partial charge in [0.1, 0.15) is 0 Å². The van der Waals surface area contributed by atoms with Crippen LogP contribution in [0.2, 0.25) is 0 Å². The van der Waals surface area contributed by atoms with Crippen LogP contribution in [0.1, 0.15) is 59.1 Å². The quantitative estimate of drug-likeness (QED) is 0.689. The summed E-state index contributed by atoms with van der Waals surface area (Å²) in [5.74, 6) is 0.192. The Hall–Kier alpha value is -0.800. The van der Waals surface area contributed by atoms with E-state index in [4.69, 9.17) is 0 Å². The fourth-order valence-corrected chi connectivity index (χ4v) is 3.46. The monoisotopic (exact) mass is 383 g/mol. The number of likely N-dealkylation sites (tertiary alicyclic amines) is 1. The van der Waals surface area contributed by atoms with E-state index >= 15 is 0 Å². The molecule has 0 aliphatic carbocycles. The van der Waals surface area contributed by atoms with Crippen LogP contribution in [-0.2, 0) is 5.60 Å². The highest BCUT2D eigenvalue weighted by atomic mass is 79.9. The van der Waals surface area contributed by atoms with Crippen LogP contribution in [0.4, 0.5) is 0 Å². The van der Waals surface area contributed by atoms with Crippen molar-refractivity contribution in [1.82, 2.24) is 4.90 Å². The van der Waals surface area contributed by atoms with Gasteiger partial charge in [-0.25, -0.2) is 0 Å². The first-order valence-electron chi connectivity index (χ1n) is 8.74. The maximum Gasteiger partial charge on any atom is 0.0958 e. The molecule has 0 aromatic heterocycles. The average Bonchev–Trinajstić information content (AvgIpc) is 2.53. The molecule has 1 heterocycles. The number of rotatable bonds is 2. The second kappa shape index (κ2) is 10.1. The molecule has 1 aliphatic rings. The molecule has 3 heteroatoms. The molecule has 0 bridgehead atoms. The molecule has 1 saturated heterocycles. The van der Waals surface area contributed by atoms with Crippen LogP contribution in [0.5, 0.6) is 0 Å². The molecule has 0 spiro atoms. The van der Waals surface area contributed by atoms with Crippen molar-refractivity contribution in [3.63, 3.8) is 0 Å². The topological polar surface area (TPSA) is 23.5 Å². The first-order chi connectivity index (χ1) is 10.8. The van der Waals surface area contributed by atoms with Crippen molar-refractivity contribution in [3.8, 4) is 0 Å². The van der Waals surface area contributed by atoms with E-state index in [-0.39, 0.29) is 5.92 Å². The minimum Gasteiger partial charge on any atom is -0.385 e. The summed E-state index contributed by atoms with van der Waals surface area (Å²) >= 11 is 3.48. The Labute approximate surface area is 151 Å². The molecule has 1 aliphatic heterocycles. The molecule has 2 rings (SSSR count). The SMILES string of the molecule is C=C(C)N1CCC(O)(c2ccc(Br)cc2C)C(C)C1.CC.CC. The van der Waals surface area contributed by atoms with Gasteiger partial charge in [-0.15, -0.1) is 0 Å². The molecule has 1 aromatic carbocycles. The van der Waals surface area contributed by atoms with E-state index in [1.165, 1.54) is 0 Å². The molecule has 2 nitrogen and oxygen atoms in total. The number of aryl methyl sites for hydroxylation is 1. The predicted molar refractivity (Wildman–Crippen MR) is 106 cm³/mol. The lowest BCUT2D eigenvalue weighted by molar-refractivity contribution is -0.0645. The number of piperidine rings is 1. The summed E-state index contributed by atoms with van der Waals surface area (Å²) in [6, 6.07) is 6.13. The van der Waals surface area contributed by atoms with Gasteiger partial charge in [0.2, 0.25) is 0 Å². The molecular weight excluding hydrogens is 350 g/mol. The number of hydrogen-bond acceptors (Lipinski definition) is 2. The maximum atomic E-state index is 11.1. The Morgan fingerprint density at radius 2 is 1.87 bits per heavy atom. The highest BCUT2D eigenvalue weighted by molar-refractivity contribution is 9.10. The van der Waals surface area contributed by atoms with Gasteiger partial charge in [-0.2, -0.15) is 0 Å². The summed E-state index contributed by atoms with van der Waals surface area (Å²) < 4.78 is 1.06. The van der Waals surface area contributed by atoms with E-state index in [0.29, 0.717) is 0 Å². The first-order valence-corrected chi connectivity index (χ1v) is 9.53. The molecule has 23 heavy (non-hydrogen) atoms. The highest BCUT2D eigenvalue weighted by Gasteiger charge is 2.40. The normalized spacial score (nSPS) is 23.2. The standard InChI is InChI=1S/C16H22BrNO.2C2H6/c1-11(2)18-8-7-16(19,13(4)10-18)15-6-5-14(17)9-12(15)3;2*1-2/h5-6,9,13,19H,1,7-8,10H2,2-4H3;2*1-2H3. The van der Waals surface area contributed by atoms with E-state index in [1.807, 2.05) is 46.8 Å². The van der Waals surface area contributed by atoms with E-state index in [0.717, 1.165) is 40.8 Å². The van der Waals surface area contributed by atoms with Crippen molar-refractivity contribution in [2.45, 2.75) is 60.5 Å². The van der Waals surface area contributed by atoms with E-state index < -0.39 is 5.60 Å². The van der Waals surface area contributed by atoms with Crippen LogP contribution >= 0.6 is 15.9 Å². The van der Waals surface area contributed by atoms with Gasteiger partial charge in [-0.3, -0.25) is 0 Å². The van der Waals surface area contributed by atoms with E-state index in [2.05, 4.69) is 47.3 Å². The summed E-state index contributed by atoms with van der Waals surface area (Å²) in [6.45, 7) is 19.9. The fraction of sp³-hybridized carbons (Fsp3) is 0.600. The average molecular weight is 384 g/mol. The third-order valence-corrected chi connectivity index (χ3v) is 4.76. The number of hydrogen-bond donors (Lipinski definition) is 1. The number of aliphatic hydroxyl groups is 1. The van der Waals surface area contributed by atoms with Crippen molar-refractivity contribution in [2.24, 2.45) is 5.92 Å². The van der Waals surface area contributed by atoms with Gasteiger partial charge in [-0.1, -0.05) is 63.2 Å². The van der Waals surface area contributed by atoms with Gasteiger partial charge in [0.15, 0.2) is 0 Å². The minimum atomic E-state index is -0.725. The van der Waals surface area contributed by atoms with Crippen LogP contribution in [0.3, 0.4) is 0 Å². The number of allylic oxidation sites excluding steroid dienone is 1. The van der Waals surface area contributed by atoms with E-state index in [1.54, 1.807) is 0 Å². The van der Waals surface area contributed by atoms with Gasteiger partial charge in [0.05, 0.1) is 5.60 Å². The molecule has 0 amide bonds. The molecular formula is C20H34BrNO. The Bertz CT molecular complexity index is 500. The molecule has 132 valence electrons. The Balaban J connectivity index is 0.00000112. The summed E-state index contributed by atoms with van der Waals surface area (Å²) in [4.78, 5) is 2.26. The van der Waals surface area contributed by atoms with Crippen molar-refractivity contribution in [3.05, 3.63) is 46.1 Å². The van der Waals surface area contributed by atoms with Gasteiger partial charge in [-0.05, 0) is 43.5 Å². The molecule has 2 unspecified atom stereocenters. The highest BCUT2D eigenvalue weighted by Crippen LogP contribution is 2.39. The molecule has 0 radical (unpaired) electrons. The van der Waals surface area contributed by atoms with Crippen LogP contribution < -0.4 is 0 Å². The predicted octanol–water partition coefficient (Wildman–Crippen LogP) is 5.87. The Morgan fingerprint density at radius 1 is 1.30 bits per heavy atom. The Kier molecular flexibility index (Phi) is 9.79. The van der Waals surface area contributed by atoms with Crippen LogP contribution in [0.15, 0.2) is 34.9 Å². The van der Waals surface area contributed by atoms with Crippen LogP contribution in [0.25, 0.3) is 0 Å².